The van der Waals surface area contributed by atoms with Crippen LogP contribution in [-0.4, -0.2) is 57.2 Å². The third-order valence-corrected chi connectivity index (χ3v) is 6.89. The molecule has 9 nitrogen and oxygen atoms in total. The number of rotatable bonds is 6. The van der Waals surface area contributed by atoms with Crippen molar-refractivity contribution in [2.45, 2.75) is 26.7 Å². The van der Waals surface area contributed by atoms with Gasteiger partial charge in [0.2, 0.25) is 5.91 Å². The number of nitrogens with one attached hydrogen (secondary N) is 1. The molecule has 0 fully saturated rings. The average molecular weight is 503 g/mol. The van der Waals surface area contributed by atoms with E-state index in [1.54, 1.807) is 38.6 Å². The second kappa shape index (κ2) is 9.54. The van der Waals surface area contributed by atoms with Gasteiger partial charge in [-0.1, -0.05) is 11.3 Å². The van der Waals surface area contributed by atoms with Crippen LogP contribution >= 0.6 is 11.3 Å². The molecule has 36 heavy (non-hydrogen) atoms. The summed E-state index contributed by atoms with van der Waals surface area (Å²) in [4.78, 5) is 35.8. The van der Waals surface area contributed by atoms with E-state index in [1.807, 2.05) is 29.8 Å². The lowest BCUT2D eigenvalue weighted by atomic mass is 9.95. The third-order valence-electron chi connectivity index (χ3n) is 5.87. The molecule has 10 heteroatoms. The Morgan fingerprint density at radius 2 is 2.06 bits per heavy atom. The average Bonchev–Trinajstić information content (AvgIpc) is 3.44. The maximum Gasteiger partial charge on any atom is 0.253 e. The van der Waals surface area contributed by atoms with E-state index >= 15 is 0 Å². The molecule has 1 aromatic carbocycles. The molecule has 3 heterocycles. The fourth-order valence-corrected chi connectivity index (χ4v) is 5.45. The number of benzene rings is 1. The molecule has 0 unspecified atom stereocenters. The van der Waals surface area contributed by atoms with Gasteiger partial charge in [-0.15, -0.1) is 0 Å². The summed E-state index contributed by atoms with van der Waals surface area (Å²) in [6, 6.07) is 9.30. The molecule has 0 spiro atoms. The maximum absolute atomic E-state index is 12.6. The van der Waals surface area contributed by atoms with Crippen molar-refractivity contribution in [2.24, 2.45) is 0 Å². The van der Waals surface area contributed by atoms with E-state index in [2.05, 4.69) is 15.3 Å². The highest BCUT2D eigenvalue weighted by Gasteiger charge is 2.31. The van der Waals surface area contributed by atoms with Gasteiger partial charge >= 0.3 is 0 Å². The number of carbonyl (C=O) groups is 2. The third kappa shape index (κ3) is 4.24. The number of fused-ring (bicyclic) bond motifs is 3. The molecule has 1 aliphatic carbocycles. The second-order valence-corrected chi connectivity index (χ2v) is 9.62. The molecule has 2 amide bonds. The van der Waals surface area contributed by atoms with Crippen molar-refractivity contribution in [1.29, 1.82) is 0 Å². The predicted molar refractivity (Wildman–Crippen MR) is 139 cm³/mol. The van der Waals surface area contributed by atoms with E-state index < -0.39 is 0 Å². The van der Waals surface area contributed by atoms with E-state index in [1.165, 1.54) is 23.2 Å². The molecule has 0 radical (unpaired) electrons. The number of aryl methyl sites for hydroxylation is 1. The number of hydrogen-bond donors (Lipinski definition) is 1. The zero-order valence-corrected chi connectivity index (χ0v) is 21.3. The van der Waals surface area contributed by atoms with Crippen LogP contribution < -0.4 is 10.1 Å². The number of nitrogens with zero attached hydrogens (tertiary/aromatic N) is 5. The molecule has 1 aliphatic rings. The Labute approximate surface area is 212 Å². The van der Waals surface area contributed by atoms with Crippen LogP contribution in [0.5, 0.6) is 5.75 Å². The van der Waals surface area contributed by atoms with Crippen LogP contribution in [0.25, 0.3) is 27.5 Å². The summed E-state index contributed by atoms with van der Waals surface area (Å²) in [5.41, 5.74) is 5.94. The summed E-state index contributed by atoms with van der Waals surface area (Å²) in [5.74, 6) is 0.295. The van der Waals surface area contributed by atoms with Crippen LogP contribution in [0.3, 0.4) is 0 Å². The topological polar surface area (TPSA) is 102 Å². The molecule has 0 saturated carbocycles. The normalized spacial score (nSPS) is 12.0. The van der Waals surface area contributed by atoms with Crippen molar-refractivity contribution in [1.82, 2.24) is 24.6 Å². The Morgan fingerprint density at radius 3 is 2.75 bits per heavy atom. The van der Waals surface area contributed by atoms with Crippen molar-refractivity contribution >= 4 is 28.3 Å². The molecule has 0 aliphatic heterocycles. The highest BCUT2D eigenvalue weighted by Crippen LogP contribution is 2.45. The van der Waals surface area contributed by atoms with E-state index in [4.69, 9.17) is 9.84 Å². The highest BCUT2D eigenvalue weighted by molar-refractivity contribution is 7.19. The summed E-state index contributed by atoms with van der Waals surface area (Å²) >= 11 is 1.43. The van der Waals surface area contributed by atoms with Gasteiger partial charge in [0.15, 0.2) is 5.13 Å². The van der Waals surface area contributed by atoms with Crippen molar-refractivity contribution in [3.05, 3.63) is 59.5 Å². The number of carbonyl (C=O) groups excluding carboxylic acids is 2. The lowest BCUT2D eigenvalue weighted by Crippen LogP contribution is -2.21. The number of thiazole rings is 1. The maximum atomic E-state index is 12.6. The highest BCUT2D eigenvalue weighted by atomic mass is 32.1. The number of hydrogen-bond acceptors (Lipinski definition) is 7. The number of anilines is 1. The Kier molecular flexibility index (Phi) is 6.27. The summed E-state index contributed by atoms with van der Waals surface area (Å²) in [7, 11) is 3.44. The van der Waals surface area contributed by atoms with Gasteiger partial charge in [0, 0.05) is 50.1 Å². The van der Waals surface area contributed by atoms with Gasteiger partial charge in [-0.3, -0.25) is 14.6 Å². The lowest BCUT2D eigenvalue weighted by Gasteiger charge is -2.17. The SMILES string of the molecule is CCOc1cc(C(=O)N(C)C)ccc1-n1nc(-c2cccnc2)c2c1-c1sc(NC(C)=O)nc1CC2. The molecule has 1 N–H and O–H groups in total. The van der Waals surface area contributed by atoms with Crippen LogP contribution in [0, 0.1) is 0 Å². The smallest absolute Gasteiger partial charge is 0.253 e. The quantitative estimate of drug-likeness (QED) is 0.424. The first-order valence-corrected chi connectivity index (χ1v) is 12.5. The summed E-state index contributed by atoms with van der Waals surface area (Å²) < 4.78 is 7.88. The van der Waals surface area contributed by atoms with Gasteiger partial charge in [-0.25, -0.2) is 9.67 Å². The summed E-state index contributed by atoms with van der Waals surface area (Å²) in [6.07, 6.45) is 5.03. The molecule has 0 atom stereocenters. The van der Waals surface area contributed by atoms with Crippen LogP contribution in [0.1, 0.15) is 35.5 Å². The molecular formula is C26H26N6O3S. The van der Waals surface area contributed by atoms with E-state index in [-0.39, 0.29) is 11.8 Å². The van der Waals surface area contributed by atoms with Gasteiger partial charge in [-0.05, 0) is 50.1 Å². The molecule has 0 saturated heterocycles. The van der Waals surface area contributed by atoms with Crippen molar-refractivity contribution < 1.29 is 14.3 Å². The standard InChI is InChI=1S/C26H26N6O3S/c1-5-35-21-13-16(25(34)31(3)4)8-11-20(21)32-23-18(22(30-32)17-7-6-12-27-14-17)9-10-19-24(23)36-26(29-19)28-15(2)33/h6-8,11-14H,5,9-10H2,1-4H3,(H,28,29,33). The number of aromatic nitrogens is 4. The van der Waals surface area contributed by atoms with Crippen molar-refractivity contribution in [3.63, 3.8) is 0 Å². The first kappa shape index (κ1) is 23.7. The zero-order valence-electron chi connectivity index (χ0n) is 20.5. The summed E-state index contributed by atoms with van der Waals surface area (Å²) in [6.45, 7) is 3.82. The molecular weight excluding hydrogens is 476 g/mol. The van der Waals surface area contributed by atoms with E-state index in [0.717, 1.165) is 51.6 Å². The fraction of sp³-hybridized carbons (Fsp3) is 0.269. The van der Waals surface area contributed by atoms with Gasteiger partial charge < -0.3 is 15.0 Å². The monoisotopic (exact) mass is 502 g/mol. The predicted octanol–water partition coefficient (Wildman–Crippen LogP) is 4.22. The first-order chi connectivity index (χ1) is 17.4. The number of amides is 2. The zero-order chi connectivity index (χ0) is 25.4. The van der Waals surface area contributed by atoms with Crippen LogP contribution in [0.2, 0.25) is 0 Å². The fourth-order valence-electron chi connectivity index (χ4n) is 4.33. The Bertz CT molecular complexity index is 1460. The number of ether oxygens (including phenoxy) is 1. The minimum atomic E-state index is -0.161. The van der Waals surface area contributed by atoms with Crippen molar-refractivity contribution in [3.8, 4) is 33.3 Å². The molecule has 184 valence electrons. The van der Waals surface area contributed by atoms with E-state index in [9.17, 15) is 9.59 Å². The molecule has 4 aromatic rings. The Morgan fingerprint density at radius 1 is 1.22 bits per heavy atom. The van der Waals surface area contributed by atoms with E-state index in [0.29, 0.717) is 23.1 Å². The lowest BCUT2D eigenvalue weighted by molar-refractivity contribution is -0.114. The molecule has 0 bridgehead atoms. The van der Waals surface area contributed by atoms with Crippen molar-refractivity contribution in [2.75, 3.05) is 26.0 Å². The summed E-state index contributed by atoms with van der Waals surface area (Å²) in [5, 5.41) is 8.42. The van der Waals surface area contributed by atoms with Crippen LogP contribution in [0.4, 0.5) is 5.13 Å². The minimum Gasteiger partial charge on any atom is -0.492 e. The minimum absolute atomic E-state index is 0.106. The largest absolute Gasteiger partial charge is 0.492 e. The molecule has 5 rings (SSSR count). The Hall–Kier alpha value is -4.05. The van der Waals surface area contributed by atoms with Crippen LogP contribution in [-0.2, 0) is 17.6 Å². The van der Waals surface area contributed by atoms with Gasteiger partial charge in [-0.2, -0.15) is 5.10 Å². The van der Waals surface area contributed by atoms with Gasteiger partial charge in [0.25, 0.3) is 5.91 Å². The van der Waals surface area contributed by atoms with Crippen LogP contribution in [0.15, 0.2) is 42.7 Å². The number of pyridine rings is 1. The van der Waals surface area contributed by atoms with Gasteiger partial charge in [0.1, 0.15) is 11.4 Å². The molecule has 3 aromatic heterocycles. The van der Waals surface area contributed by atoms with Gasteiger partial charge in [0.05, 0.1) is 28.6 Å². The Balaban J connectivity index is 1.74. The second-order valence-electron chi connectivity index (χ2n) is 8.62. The first-order valence-electron chi connectivity index (χ1n) is 11.7.